The molecule has 0 aliphatic carbocycles. The van der Waals surface area contributed by atoms with Crippen molar-refractivity contribution in [2.45, 2.75) is 13.3 Å². The first kappa shape index (κ1) is 22.9. The van der Waals surface area contributed by atoms with E-state index >= 15 is 0 Å². The maximum atomic E-state index is 12.8. The highest BCUT2D eigenvalue weighted by Gasteiger charge is 2.20. The predicted molar refractivity (Wildman–Crippen MR) is 135 cm³/mol. The van der Waals surface area contributed by atoms with Crippen molar-refractivity contribution in [1.82, 2.24) is 14.3 Å². The highest BCUT2D eigenvalue weighted by molar-refractivity contribution is 6.35. The number of hydrogen-bond donors (Lipinski definition) is 4. The molecule has 0 spiro atoms. The van der Waals surface area contributed by atoms with Crippen LogP contribution in [0.1, 0.15) is 23.0 Å². The largest absolute Gasteiger partial charge is 0.508 e. The summed E-state index contributed by atoms with van der Waals surface area (Å²) in [7, 11) is 0. The number of fused-ring (bicyclic) bond motifs is 2. The number of benzene rings is 2. The Labute approximate surface area is 199 Å². The third kappa shape index (κ3) is 4.20. The lowest BCUT2D eigenvalue weighted by Crippen LogP contribution is -2.22. The number of primary amides is 1. The van der Waals surface area contributed by atoms with E-state index in [4.69, 9.17) is 23.1 Å². The monoisotopic (exact) mass is 478 g/mol. The fourth-order valence-corrected chi connectivity index (χ4v) is 4.09. The van der Waals surface area contributed by atoms with Crippen LogP contribution in [-0.4, -0.2) is 31.9 Å². The molecule has 34 heavy (non-hydrogen) atoms. The summed E-state index contributed by atoms with van der Waals surface area (Å²) in [4.78, 5) is 23.8. The number of phenolic OH excluding ortho intramolecular Hbond substituents is 1. The van der Waals surface area contributed by atoms with Crippen LogP contribution in [0.3, 0.4) is 0 Å². The number of nitrogens with zero attached hydrogens (tertiary/aromatic N) is 3. The Balaban J connectivity index is 0.000000180. The summed E-state index contributed by atoms with van der Waals surface area (Å²) in [6, 6.07) is 14.1. The smallest absolute Gasteiger partial charge is 0.264 e. The van der Waals surface area contributed by atoms with Gasteiger partial charge in [0.15, 0.2) is 5.82 Å². The van der Waals surface area contributed by atoms with E-state index in [-0.39, 0.29) is 22.7 Å². The van der Waals surface area contributed by atoms with Gasteiger partial charge >= 0.3 is 0 Å². The molecule has 1 aliphatic rings. The molecule has 0 saturated heterocycles. The topological polar surface area (TPSA) is 141 Å². The van der Waals surface area contributed by atoms with E-state index < -0.39 is 5.91 Å². The maximum absolute atomic E-state index is 12.8. The van der Waals surface area contributed by atoms with Gasteiger partial charge in [-0.05, 0) is 42.1 Å². The summed E-state index contributed by atoms with van der Waals surface area (Å²) in [5, 5.41) is 18.3. The molecule has 0 bridgehead atoms. The molecule has 3 heterocycles. The fourth-order valence-electron chi connectivity index (χ4n) is 3.83. The Bertz CT molecular complexity index is 1490. The van der Waals surface area contributed by atoms with E-state index in [0.29, 0.717) is 34.9 Å². The summed E-state index contributed by atoms with van der Waals surface area (Å²) >= 11 is 6.19. The summed E-state index contributed by atoms with van der Waals surface area (Å²) < 4.78 is 3.10. The lowest BCUT2D eigenvalue weighted by molar-refractivity contribution is 0.100. The second-order valence-electron chi connectivity index (χ2n) is 7.54. The molecule has 2 aromatic heterocycles. The number of hydrogen-bond acceptors (Lipinski definition) is 6. The third-order valence-electron chi connectivity index (χ3n) is 5.34. The molecule has 0 fully saturated rings. The molecular weight excluding hydrogens is 456 g/mol. The summed E-state index contributed by atoms with van der Waals surface area (Å²) in [5.41, 5.74) is 12.3. The highest BCUT2D eigenvalue weighted by atomic mass is 35.5. The standard InChI is InChI=1S/C17H14ClNO2.C7H9N5O/c1-2-12-9-11-5-3-8-15(18)16(11)17(21)19(12)13-6-4-7-14(20)10-13;8-5-4(6(9)13)7-10-2-1-3-12(7)11-5/h3-10,20H,2H2,1H3;1,3,10H,2H2,(H2,8,11)(H2,9,13). The molecule has 9 nitrogen and oxygen atoms in total. The van der Waals surface area contributed by atoms with Crippen molar-refractivity contribution in [2.24, 2.45) is 5.73 Å². The maximum Gasteiger partial charge on any atom is 0.264 e. The van der Waals surface area contributed by atoms with Crippen LogP contribution < -0.4 is 22.3 Å². The number of nitrogen functional groups attached to an aromatic ring is 1. The molecule has 5 rings (SSSR count). The molecule has 4 aromatic rings. The number of aryl methyl sites for hydroxylation is 1. The van der Waals surface area contributed by atoms with Crippen LogP contribution in [-0.2, 0) is 6.42 Å². The van der Waals surface area contributed by atoms with Gasteiger partial charge in [0.25, 0.3) is 11.5 Å². The molecule has 0 radical (unpaired) electrons. The van der Waals surface area contributed by atoms with Gasteiger partial charge in [-0.15, -0.1) is 5.10 Å². The number of halogens is 1. The minimum absolute atomic E-state index is 0.126. The molecular formula is C24H23ClN6O3. The van der Waals surface area contributed by atoms with Gasteiger partial charge in [-0.2, -0.15) is 0 Å². The summed E-state index contributed by atoms with van der Waals surface area (Å²) in [5.74, 6) is 0.274. The molecule has 174 valence electrons. The van der Waals surface area contributed by atoms with Crippen LogP contribution in [0.15, 0.2) is 59.4 Å². The first-order valence-electron chi connectivity index (χ1n) is 10.5. The molecule has 10 heteroatoms. The number of phenols is 1. The molecule has 1 amide bonds. The van der Waals surface area contributed by atoms with Gasteiger partial charge in [-0.1, -0.05) is 36.7 Å². The molecule has 0 unspecified atom stereocenters. The quantitative estimate of drug-likeness (QED) is 0.355. The summed E-state index contributed by atoms with van der Waals surface area (Å²) in [6.07, 6.45) is 4.30. The Kier molecular flexibility index (Phi) is 6.29. The fraction of sp³-hybridized carbons (Fsp3) is 0.125. The Hall–Kier alpha value is -4.24. The zero-order valence-electron chi connectivity index (χ0n) is 18.3. The number of aromatic hydroxyl groups is 1. The van der Waals surface area contributed by atoms with E-state index in [0.717, 1.165) is 11.1 Å². The van der Waals surface area contributed by atoms with Crippen molar-refractivity contribution in [2.75, 3.05) is 17.6 Å². The number of nitrogens with one attached hydrogen (secondary N) is 1. The van der Waals surface area contributed by atoms with Gasteiger partial charge in [0, 0.05) is 24.5 Å². The molecule has 6 N–H and O–H groups in total. The summed E-state index contributed by atoms with van der Waals surface area (Å²) in [6.45, 7) is 2.63. The van der Waals surface area contributed by atoms with Crippen LogP contribution in [0, 0.1) is 0 Å². The zero-order valence-corrected chi connectivity index (χ0v) is 19.1. The van der Waals surface area contributed by atoms with Crippen molar-refractivity contribution in [3.63, 3.8) is 0 Å². The van der Waals surface area contributed by atoms with Crippen molar-refractivity contribution < 1.29 is 9.90 Å². The van der Waals surface area contributed by atoms with Crippen LogP contribution in [0.4, 0.5) is 11.6 Å². The zero-order chi connectivity index (χ0) is 24.4. The van der Waals surface area contributed by atoms with Gasteiger partial charge in [-0.25, -0.2) is 4.68 Å². The van der Waals surface area contributed by atoms with E-state index in [1.54, 1.807) is 41.1 Å². The SMILES string of the molecule is CCc1cc2cccc(Cl)c2c(=O)n1-c1cccc(O)c1.NC(=O)c1c(N)nn2c1NCC=C2. The Morgan fingerprint density at radius 1 is 1.24 bits per heavy atom. The molecule has 1 aliphatic heterocycles. The van der Waals surface area contributed by atoms with Crippen molar-refractivity contribution in [3.05, 3.63) is 81.2 Å². The van der Waals surface area contributed by atoms with Crippen molar-refractivity contribution in [1.29, 1.82) is 0 Å². The lowest BCUT2D eigenvalue weighted by Gasteiger charge is -2.14. The first-order chi connectivity index (χ1) is 16.3. The van der Waals surface area contributed by atoms with Gasteiger partial charge in [0.05, 0.1) is 16.1 Å². The third-order valence-corrected chi connectivity index (χ3v) is 5.66. The molecule has 0 saturated carbocycles. The minimum atomic E-state index is -0.568. The number of rotatable bonds is 3. The number of amides is 1. The number of carbonyl (C=O) groups excluding carboxylic acids is 1. The molecule has 0 atom stereocenters. The van der Waals surface area contributed by atoms with E-state index in [1.165, 1.54) is 4.68 Å². The van der Waals surface area contributed by atoms with E-state index in [2.05, 4.69) is 10.4 Å². The lowest BCUT2D eigenvalue weighted by atomic mass is 10.1. The normalized spacial score (nSPS) is 11.9. The van der Waals surface area contributed by atoms with Gasteiger partial charge in [0.1, 0.15) is 17.1 Å². The number of carbonyl (C=O) groups is 1. The Morgan fingerprint density at radius 3 is 2.71 bits per heavy atom. The first-order valence-corrected chi connectivity index (χ1v) is 10.9. The highest BCUT2D eigenvalue weighted by Crippen LogP contribution is 2.24. The van der Waals surface area contributed by atoms with Crippen molar-refractivity contribution in [3.8, 4) is 11.4 Å². The van der Waals surface area contributed by atoms with Crippen LogP contribution in [0.25, 0.3) is 22.7 Å². The van der Waals surface area contributed by atoms with Crippen molar-refractivity contribution >= 4 is 46.1 Å². The van der Waals surface area contributed by atoms with Crippen LogP contribution >= 0.6 is 11.6 Å². The second-order valence-corrected chi connectivity index (χ2v) is 7.94. The average molecular weight is 479 g/mol. The number of nitrogens with two attached hydrogens (primary N) is 2. The minimum Gasteiger partial charge on any atom is -0.508 e. The molecule has 2 aromatic carbocycles. The van der Waals surface area contributed by atoms with E-state index in [9.17, 15) is 14.7 Å². The van der Waals surface area contributed by atoms with E-state index in [1.807, 2.05) is 31.2 Å². The average Bonchev–Trinajstić information content (AvgIpc) is 3.15. The number of pyridine rings is 1. The Morgan fingerprint density at radius 2 is 2.00 bits per heavy atom. The number of aromatic nitrogens is 3. The predicted octanol–water partition coefficient (Wildman–Crippen LogP) is 3.37. The number of anilines is 2. The van der Waals surface area contributed by atoms with Crippen LogP contribution in [0.2, 0.25) is 5.02 Å². The van der Waals surface area contributed by atoms with Gasteiger partial charge < -0.3 is 21.9 Å². The van der Waals surface area contributed by atoms with Gasteiger partial charge in [0.2, 0.25) is 0 Å². The van der Waals surface area contributed by atoms with Crippen LogP contribution in [0.5, 0.6) is 5.75 Å². The van der Waals surface area contributed by atoms with Gasteiger partial charge in [-0.3, -0.25) is 14.2 Å². The second kappa shape index (κ2) is 9.32.